The summed E-state index contributed by atoms with van der Waals surface area (Å²) in [5, 5.41) is 2.54. The van der Waals surface area contributed by atoms with E-state index in [1.165, 1.54) is 6.92 Å². The van der Waals surface area contributed by atoms with Crippen LogP contribution in [0.25, 0.3) is 0 Å². The summed E-state index contributed by atoms with van der Waals surface area (Å²) >= 11 is 0. The standard InChI is InChI=1S/C21H19NO5/c1-3-14-26-21(25)18(22-19(23)16-10-6-4-7-11-16)15(2)27-20(24)17-12-8-5-9-13-17/h1,4-13,15,18H,14H2,2H3,(H,22,23). The zero-order valence-corrected chi connectivity index (χ0v) is 14.8. The summed E-state index contributed by atoms with van der Waals surface area (Å²) < 4.78 is 10.2. The molecule has 0 aliphatic rings. The molecule has 0 radical (unpaired) electrons. The van der Waals surface area contributed by atoms with E-state index < -0.39 is 30.0 Å². The Morgan fingerprint density at radius 1 is 1.00 bits per heavy atom. The van der Waals surface area contributed by atoms with Crippen LogP contribution in [-0.2, 0) is 14.3 Å². The van der Waals surface area contributed by atoms with Crippen LogP contribution in [0.15, 0.2) is 60.7 Å². The second-order valence-electron chi connectivity index (χ2n) is 5.61. The predicted octanol–water partition coefficient (Wildman–Crippen LogP) is 2.21. The second-order valence-corrected chi connectivity index (χ2v) is 5.61. The van der Waals surface area contributed by atoms with Crippen LogP contribution >= 0.6 is 0 Å². The predicted molar refractivity (Wildman–Crippen MR) is 98.8 cm³/mol. The summed E-state index contributed by atoms with van der Waals surface area (Å²) in [4.78, 5) is 36.9. The SMILES string of the molecule is C#CCOC(=O)C(NC(=O)c1ccccc1)C(C)OC(=O)c1ccccc1. The van der Waals surface area contributed by atoms with E-state index in [4.69, 9.17) is 15.9 Å². The van der Waals surface area contributed by atoms with Crippen molar-refractivity contribution in [2.75, 3.05) is 6.61 Å². The second kappa shape index (κ2) is 9.78. The molecule has 27 heavy (non-hydrogen) atoms. The van der Waals surface area contributed by atoms with Gasteiger partial charge in [-0.15, -0.1) is 6.42 Å². The Morgan fingerprint density at radius 2 is 1.56 bits per heavy atom. The van der Waals surface area contributed by atoms with E-state index >= 15 is 0 Å². The zero-order chi connectivity index (χ0) is 19.6. The molecule has 0 aromatic heterocycles. The molecule has 0 spiro atoms. The van der Waals surface area contributed by atoms with Crippen molar-refractivity contribution in [2.45, 2.75) is 19.1 Å². The lowest BCUT2D eigenvalue weighted by atomic mass is 10.1. The van der Waals surface area contributed by atoms with Crippen LogP contribution in [-0.4, -0.2) is 36.6 Å². The molecule has 138 valence electrons. The fourth-order valence-corrected chi connectivity index (χ4v) is 2.26. The largest absolute Gasteiger partial charge is 0.456 e. The van der Waals surface area contributed by atoms with Gasteiger partial charge in [-0.25, -0.2) is 9.59 Å². The van der Waals surface area contributed by atoms with Gasteiger partial charge >= 0.3 is 11.9 Å². The number of nitrogens with one attached hydrogen (secondary N) is 1. The molecule has 0 heterocycles. The first-order chi connectivity index (χ1) is 13.0. The number of hydrogen-bond donors (Lipinski definition) is 1. The van der Waals surface area contributed by atoms with E-state index in [0.29, 0.717) is 11.1 Å². The van der Waals surface area contributed by atoms with Crippen LogP contribution in [0.5, 0.6) is 0 Å². The molecule has 0 bridgehead atoms. The normalized spacial score (nSPS) is 12.1. The van der Waals surface area contributed by atoms with Crippen molar-refractivity contribution in [2.24, 2.45) is 0 Å². The molecular weight excluding hydrogens is 346 g/mol. The Bertz CT molecular complexity index is 827. The average Bonchev–Trinajstić information content (AvgIpc) is 2.71. The molecule has 0 fully saturated rings. The molecule has 1 amide bonds. The van der Waals surface area contributed by atoms with E-state index in [0.717, 1.165) is 0 Å². The maximum atomic E-state index is 12.4. The number of esters is 2. The van der Waals surface area contributed by atoms with Crippen LogP contribution in [0.4, 0.5) is 0 Å². The molecule has 2 aromatic rings. The van der Waals surface area contributed by atoms with Crippen LogP contribution in [0, 0.1) is 12.3 Å². The van der Waals surface area contributed by atoms with Gasteiger partial charge in [0.15, 0.2) is 12.6 Å². The third-order valence-corrected chi connectivity index (χ3v) is 3.65. The van der Waals surface area contributed by atoms with Gasteiger partial charge < -0.3 is 14.8 Å². The van der Waals surface area contributed by atoms with E-state index in [1.807, 2.05) is 0 Å². The first-order valence-electron chi connectivity index (χ1n) is 8.25. The minimum Gasteiger partial charge on any atom is -0.456 e. The number of terminal acetylenes is 1. The summed E-state index contributed by atoms with van der Waals surface area (Å²) in [6, 6.07) is 15.5. The highest BCUT2D eigenvalue weighted by Gasteiger charge is 2.31. The van der Waals surface area contributed by atoms with Crippen molar-refractivity contribution < 1.29 is 23.9 Å². The molecule has 6 nitrogen and oxygen atoms in total. The summed E-state index contributed by atoms with van der Waals surface area (Å²) in [7, 11) is 0. The first-order valence-corrected chi connectivity index (χ1v) is 8.25. The first kappa shape index (κ1) is 19.7. The number of rotatable bonds is 7. The zero-order valence-electron chi connectivity index (χ0n) is 14.8. The smallest absolute Gasteiger partial charge is 0.338 e. The fraction of sp³-hybridized carbons (Fsp3) is 0.190. The molecule has 2 unspecified atom stereocenters. The van der Waals surface area contributed by atoms with Gasteiger partial charge in [0.05, 0.1) is 5.56 Å². The van der Waals surface area contributed by atoms with Crippen molar-refractivity contribution in [3.63, 3.8) is 0 Å². The third kappa shape index (κ3) is 5.72. The Labute approximate surface area is 157 Å². The molecule has 0 saturated carbocycles. The van der Waals surface area contributed by atoms with Gasteiger partial charge in [-0.05, 0) is 31.2 Å². The Hall–Kier alpha value is -3.59. The molecule has 0 aliphatic carbocycles. The lowest BCUT2D eigenvalue weighted by molar-refractivity contribution is -0.147. The number of carbonyl (C=O) groups excluding carboxylic acids is 3. The monoisotopic (exact) mass is 365 g/mol. The molecule has 2 aromatic carbocycles. The summed E-state index contributed by atoms with van der Waals surface area (Å²) in [6.45, 7) is 1.24. The number of carbonyl (C=O) groups is 3. The molecule has 2 atom stereocenters. The van der Waals surface area contributed by atoms with Crippen LogP contribution in [0.1, 0.15) is 27.6 Å². The van der Waals surface area contributed by atoms with Gasteiger partial charge in [-0.1, -0.05) is 42.3 Å². The van der Waals surface area contributed by atoms with Crippen LogP contribution in [0.3, 0.4) is 0 Å². The van der Waals surface area contributed by atoms with Crippen molar-refractivity contribution in [1.29, 1.82) is 0 Å². The Kier molecular flexibility index (Phi) is 7.15. The molecule has 0 aliphatic heterocycles. The van der Waals surface area contributed by atoms with Crippen molar-refractivity contribution in [3.05, 3.63) is 71.8 Å². The highest BCUT2D eigenvalue weighted by atomic mass is 16.6. The minimum atomic E-state index is -1.21. The van der Waals surface area contributed by atoms with Gasteiger partial charge in [-0.2, -0.15) is 0 Å². The van der Waals surface area contributed by atoms with Gasteiger partial charge in [-0.3, -0.25) is 4.79 Å². The van der Waals surface area contributed by atoms with Crippen molar-refractivity contribution in [3.8, 4) is 12.3 Å². The molecule has 1 N–H and O–H groups in total. The number of hydrogen-bond acceptors (Lipinski definition) is 5. The third-order valence-electron chi connectivity index (χ3n) is 3.65. The number of amides is 1. The van der Waals surface area contributed by atoms with E-state index in [2.05, 4.69) is 11.2 Å². The average molecular weight is 365 g/mol. The Morgan fingerprint density at radius 3 is 2.11 bits per heavy atom. The molecule has 2 rings (SSSR count). The van der Waals surface area contributed by atoms with Crippen molar-refractivity contribution in [1.82, 2.24) is 5.32 Å². The van der Waals surface area contributed by atoms with Gasteiger partial charge in [0.1, 0.15) is 6.10 Å². The van der Waals surface area contributed by atoms with E-state index in [-0.39, 0.29) is 6.61 Å². The van der Waals surface area contributed by atoms with Gasteiger partial charge in [0.25, 0.3) is 5.91 Å². The lowest BCUT2D eigenvalue weighted by Gasteiger charge is -2.23. The molecule has 6 heteroatoms. The van der Waals surface area contributed by atoms with E-state index in [9.17, 15) is 14.4 Å². The number of benzene rings is 2. The maximum absolute atomic E-state index is 12.4. The fourth-order valence-electron chi connectivity index (χ4n) is 2.26. The Balaban J connectivity index is 2.13. The molecule has 0 saturated heterocycles. The van der Waals surface area contributed by atoms with Crippen molar-refractivity contribution >= 4 is 17.8 Å². The molecular formula is C21H19NO5. The van der Waals surface area contributed by atoms with E-state index in [1.54, 1.807) is 60.7 Å². The van der Waals surface area contributed by atoms with Crippen LogP contribution in [0.2, 0.25) is 0 Å². The lowest BCUT2D eigenvalue weighted by Crippen LogP contribution is -2.50. The minimum absolute atomic E-state index is 0.254. The highest BCUT2D eigenvalue weighted by Crippen LogP contribution is 2.09. The topological polar surface area (TPSA) is 81.7 Å². The number of ether oxygens (including phenoxy) is 2. The maximum Gasteiger partial charge on any atom is 0.338 e. The highest BCUT2D eigenvalue weighted by molar-refractivity contribution is 5.97. The summed E-state index contributed by atoms with van der Waals surface area (Å²) in [6.07, 6.45) is 4.13. The quantitative estimate of drug-likeness (QED) is 0.601. The summed E-state index contributed by atoms with van der Waals surface area (Å²) in [5.41, 5.74) is 0.684. The summed E-state index contributed by atoms with van der Waals surface area (Å²) in [5.74, 6) is 0.276. The van der Waals surface area contributed by atoms with Gasteiger partial charge in [0, 0.05) is 5.56 Å². The van der Waals surface area contributed by atoms with Gasteiger partial charge in [0.2, 0.25) is 0 Å². The van der Waals surface area contributed by atoms with Crippen LogP contribution < -0.4 is 5.32 Å².